The van der Waals surface area contributed by atoms with Gasteiger partial charge < -0.3 is 11.1 Å². The second-order valence-electron chi connectivity index (χ2n) is 4.82. The van der Waals surface area contributed by atoms with Crippen LogP contribution in [0, 0.1) is 5.82 Å². The molecule has 0 bridgehead atoms. The Hall–Kier alpha value is -1.46. The summed E-state index contributed by atoms with van der Waals surface area (Å²) >= 11 is 0. The first-order valence-corrected chi connectivity index (χ1v) is 6.64. The highest BCUT2D eigenvalue weighted by atomic mass is 19.1. The molecule has 3 N–H and O–H groups in total. The van der Waals surface area contributed by atoms with Gasteiger partial charge in [0, 0.05) is 31.7 Å². The van der Waals surface area contributed by atoms with Gasteiger partial charge in [-0.1, -0.05) is 19.1 Å². The molecular formula is C14H20FN3O. The standard InChI is InChI=1S/C14H20FN3O/c1-2-13-14(19)17-5-6-18(13)9-11-7-10(8-16)3-4-12(11)15/h3-4,7,13H,2,5-6,8-9,16H2,1H3,(H,17,19). The number of piperazine rings is 1. The zero-order valence-electron chi connectivity index (χ0n) is 11.2. The Morgan fingerprint density at radius 2 is 2.32 bits per heavy atom. The van der Waals surface area contributed by atoms with Crippen molar-refractivity contribution in [3.63, 3.8) is 0 Å². The molecule has 1 aromatic carbocycles. The predicted octanol–water partition coefficient (Wildman–Crippen LogP) is 0.995. The van der Waals surface area contributed by atoms with Crippen LogP contribution in [0.15, 0.2) is 18.2 Å². The predicted molar refractivity (Wildman–Crippen MR) is 71.8 cm³/mol. The Labute approximate surface area is 112 Å². The van der Waals surface area contributed by atoms with Crippen LogP contribution in [0.5, 0.6) is 0 Å². The zero-order chi connectivity index (χ0) is 13.8. The molecule has 0 aliphatic carbocycles. The average molecular weight is 265 g/mol. The van der Waals surface area contributed by atoms with Crippen LogP contribution >= 0.6 is 0 Å². The van der Waals surface area contributed by atoms with E-state index in [9.17, 15) is 9.18 Å². The fourth-order valence-electron chi connectivity index (χ4n) is 2.49. The van der Waals surface area contributed by atoms with Crippen molar-refractivity contribution < 1.29 is 9.18 Å². The number of nitrogens with one attached hydrogen (secondary N) is 1. The van der Waals surface area contributed by atoms with Crippen molar-refractivity contribution in [2.75, 3.05) is 13.1 Å². The molecule has 1 amide bonds. The smallest absolute Gasteiger partial charge is 0.237 e. The van der Waals surface area contributed by atoms with Crippen LogP contribution < -0.4 is 11.1 Å². The van der Waals surface area contributed by atoms with Gasteiger partial charge >= 0.3 is 0 Å². The molecule has 5 heteroatoms. The van der Waals surface area contributed by atoms with E-state index in [0.29, 0.717) is 25.2 Å². The Bertz CT molecular complexity index is 464. The van der Waals surface area contributed by atoms with Gasteiger partial charge in [0.25, 0.3) is 0 Å². The van der Waals surface area contributed by atoms with E-state index in [1.165, 1.54) is 6.07 Å². The summed E-state index contributed by atoms with van der Waals surface area (Å²) in [6.45, 7) is 4.18. The van der Waals surface area contributed by atoms with E-state index in [1.807, 2.05) is 11.8 Å². The third-order valence-electron chi connectivity index (χ3n) is 3.55. The van der Waals surface area contributed by atoms with Gasteiger partial charge in [0.15, 0.2) is 0 Å². The lowest BCUT2D eigenvalue weighted by Gasteiger charge is -2.34. The molecule has 4 nitrogen and oxygen atoms in total. The van der Waals surface area contributed by atoms with E-state index < -0.39 is 0 Å². The number of nitrogens with zero attached hydrogens (tertiary/aromatic N) is 1. The molecule has 104 valence electrons. The Balaban J connectivity index is 2.17. The maximum absolute atomic E-state index is 13.8. The minimum absolute atomic E-state index is 0.0316. The minimum atomic E-state index is -0.238. The monoisotopic (exact) mass is 265 g/mol. The number of halogens is 1. The summed E-state index contributed by atoms with van der Waals surface area (Å²) in [6.07, 6.45) is 0.726. The van der Waals surface area contributed by atoms with Crippen molar-refractivity contribution >= 4 is 5.91 Å². The quantitative estimate of drug-likeness (QED) is 0.853. The number of rotatable bonds is 4. The molecular weight excluding hydrogens is 245 g/mol. The van der Waals surface area contributed by atoms with E-state index in [1.54, 1.807) is 12.1 Å². The number of carbonyl (C=O) groups excluding carboxylic acids is 1. The van der Waals surface area contributed by atoms with Crippen LogP contribution in [-0.2, 0) is 17.9 Å². The fourth-order valence-corrected chi connectivity index (χ4v) is 2.49. The van der Waals surface area contributed by atoms with Crippen molar-refractivity contribution in [2.24, 2.45) is 5.73 Å². The molecule has 1 saturated heterocycles. The zero-order valence-corrected chi connectivity index (χ0v) is 11.2. The lowest BCUT2D eigenvalue weighted by Crippen LogP contribution is -2.54. The van der Waals surface area contributed by atoms with Crippen molar-refractivity contribution in [1.29, 1.82) is 0 Å². The van der Waals surface area contributed by atoms with Crippen LogP contribution in [0.3, 0.4) is 0 Å². The number of amides is 1. The molecule has 19 heavy (non-hydrogen) atoms. The molecule has 0 saturated carbocycles. The summed E-state index contributed by atoms with van der Waals surface area (Å²) in [6, 6.07) is 4.76. The first kappa shape index (κ1) is 14.0. The average Bonchev–Trinajstić information content (AvgIpc) is 2.41. The normalized spacial score (nSPS) is 20.4. The molecule has 1 atom stereocenters. The second kappa shape index (κ2) is 6.12. The van der Waals surface area contributed by atoms with E-state index in [4.69, 9.17) is 5.73 Å². The van der Waals surface area contributed by atoms with Crippen LogP contribution in [0.25, 0.3) is 0 Å². The first-order chi connectivity index (χ1) is 9.15. The topological polar surface area (TPSA) is 58.4 Å². The summed E-state index contributed by atoms with van der Waals surface area (Å²) in [5, 5.41) is 2.84. The van der Waals surface area contributed by atoms with Crippen molar-refractivity contribution in [3.8, 4) is 0 Å². The highest BCUT2D eigenvalue weighted by molar-refractivity contribution is 5.82. The van der Waals surface area contributed by atoms with Gasteiger partial charge in [-0.05, 0) is 18.1 Å². The Morgan fingerprint density at radius 1 is 1.53 bits per heavy atom. The third-order valence-corrected chi connectivity index (χ3v) is 3.55. The van der Waals surface area contributed by atoms with Crippen molar-refractivity contribution in [3.05, 3.63) is 35.1 Å². The Kier molecular flexibility index (Phi) is 4.50. The Morgan fingerprint density at radius 3 is 3.00 bits per heavy atom. The molecule has 1 aliphatic heterocycles. The number of carbonyl (C=O) groups is 1. The van der Waals surface area contributed by atoms with Crippen molar-refractivity contribution in [1.82, 2.24) is 10.2 Å². The summed E-state index contributed by atoms with van der Waals surface area (Å²) < 4.78 is 13.8. The maximum Gasteiger partial charge on any atom is 0.237 e. The summed E-state index contributed by atoms with van der Waals surface area (Å²) in [4.78, 5) is 13.8. The van der Waals surface area contributed by atoms with E-state index in [0.717, 1.165) is 18.5 Å². The molecule has 1 unspecified atom stereocenters. The second-order valence-corrected chi connectivity index (χ2v) is 4.82. The molecule has 0 aromatic heterocycles. The number of benzene rings is 1. The molecule has 1 aliphatic rings. The lowest BCUT2D eigenvalue weighted by atomic mass is 10.1. The van der Waals surface area contributed by atoms with Crippen LogP contribution in [0.1, 0.15) is 24.5 Å². The molecule has 0 radical (unpaired) electrons. The summed E-state index contributed by atoms with van der Waals surface area (Å²) in [7, 11) is 0. The van der Waals surface area contributed by atoms with Crippen LogP contribution in [0.4, 0.5) is 4.39 Å². The van der Waals surface area contributed by atoms with E-state index >= 15 is 0 Å². The van der Waals surface area contributed by atoms with Gasteiger partial charge in [0.05, 0.1) is 6.04 Å². The molecule has 1 heterocycles. The first-order valence-electron chi connectivity index (χ1n) is 6.64. The highest BCUT2D eigenvalue weighted by Gasteiger charge is 2.28. The molecule has 1 aromatic rings. The maximum atomic E-state index is 13.8. The number of nitrogens with two attached hydrogens (primary N) is 1. The largest absolute Gasteiger partial charge is 0.353 e. The highest BCUT2D eigenvalue weighted by Crippen LogP contribution is 2.17. The van der Waals surface area contributed by atoms with Crippen molar-refractivity contribution in [2.45, 2.75) is 32.5 Å². The molecule has 2 rings (SSSR count). The number of hydrogen-bond donors (Lipinski definition) is 2. The van der Waals surface area contributed by atoms with Gasteiger partial charge in [-0.3, -0.25) is 9.69 Å². The number of hydrogen-bond acceptors (Lipinski definition) is 3. The van der Waals surface area contributed by atoms with Gasteiger partial charge in [-0.25, -0.2) is 4.39 Å². The molecule has 0 spiro atoms. The van der Waals surface area contributed by atoms with Gasteiger partial charge in [0.2, 0.25) is 5.91 Å². The summed E-state index contributed by atoms with van der Waals surface area (Å²) in [5.74, 6) is -0.206. The minimum Gasteiger partial charge on any atom is -0.353 e. The van der Waals surface area contributed by atoms with Crippen LogP contribution in [-0.4, -0.2) is 29.9 Å². The SMILES string of the molecule is CCC1C(=O)NCCN1Cc1cc(CN)ccc1F. The van der Waals surface area contributed by atoms with Crippen LogP contribution in [0.2, 0.25) is 0 Å². The fraction of sp³-hybridized carbons (Fsp3) is 0.500. The van der Waals surface area contributed by atoms with Gasteiger partial charge in [-0.15, -0.1) is 0 Å². The van der Waals surface area contributed by atoms with Gasteiger partial charge in [-0.2, -0.15) is 0 Å². The van der Waals surface area contributed by atoms with E-state index in [2.05, 4.69) is 5.32 Å². The van der Waals surface area contributed by atoms with E-state index in [-0.39, 0.29) is 17.8 Å². The summed E-state index contributed by atoms with van der Waals surface area (Å²) in [5.41, 5.74) is 7.09. The molecule has 1 fully saturated rings. The lowest BCUT2D eigenvalue weighted by molar-refractivity contribution is -0.129. The third kappa shape index (κ3) is 3.11. The van der Waals surface area contributed by atoms with Gasteiger partial charge in [0.1, 0.15) is 5.82 Å².